The normalized spacial score (nSPS) is 29.5. The minimum Gasteiger partial charge on any atom is -0.335 e. The van der Waals surface area contributed by atoms with Gasteiger partial charge in [-0.1, -0.05) is 0 Å². The maximum Gasteiger partial charge on any atom is 0.224 e. The van der Waals surface area contributed by atoms with Crippen LogP contribution in [0.1, 0.15) is 48.6 Å². The van der Waals surface area contributed by atoms with Crippen LogP contribution in [0.2, 0.25) is 0 Å². The van der Waals surface area contributed by atoms with Crippen molar-refractivity contribution in [2.24, 2.45) is 5.92 Å². The third-order valence-corrected chi connectivity index (χ3v) is 5.98. The second kappa shape index (κ2) is 5.15. The first-order valence-electron chi connectivity index (χ1n) is 7.92. The average molecular weight is 290 g/mol. The van der Waals surface area contributed by atoms with Crippen molar-refractivity contribution in [2.75, 3.05) is 13.1 Å². The summed E-state index contributed by atoms with van der Waals surface area (Å²) in [5, 5.41) is 5.66. The van der Waals surface area contributed by atoms with Gasteiger partial charge in [-0.05, 0) is 61.6 Å². The van der Waals surface area contributed by atoms with Gasteiger partial charge in [-0.3, -0.25) is 4.79 Å². The Balaban J connectivity index is 1.53. The van der Waals surface area contributed by atoms with Gasteiger partial charge in [0.25, 0.3) is 0 Å². The van der Waals surface area contributed by atoms with Crippen LogP contribution in [0.5, 0.6) is 0 Å². The minimum absolute atomic E-state index is 0.373. The molecular weight excluding hydrogens is 268 g/mol. The Hall–Kier alpha value is -0.870. The van der Waals surface area contributed by atoms with Gasteiger partial charge >= 0.3 is 0 Å². The summed E-state index contributed by atoms with van der Waals surface area (Å²) in [5.41, 5.74) is 1.46. The lowest BCUT2D eigenvalue weighted by Crippen LogP contribution is -2.42. The number of carbonyl (C=O) groups is 1. The summed E-state index contributed by atoms with van der Waals surface area (Å²) in [4.78, 5) is 16.4. The fourth-order valence-electron chi connectivity index (χ4n) is 3.81. The van der Waals surface area contributed by atoms with Crippen molar-refractivity contribution < 1.29 is 4.79 Å². The van der Waals surface area contributed by atoms with Crippen molar-refractivity contribution in [1.29, 1.82) is 0 Å². The molecule has 1 aromatic rings. The van der Waals surface area contributed by atoms with Gasteiger partial charge in [0.05, 0.1) is 6.04 Å². The molecule has 0 bridgehead atoms. The van der Waals surface area contributed by atoms with Crippen LogP contribution < -0.4 is 5.32 Å². The minimum atomic E-state index is 0.373. The highest BCUT2D eigenvalue weighted by Gasteiger charge is 2.42. The van der Waals surface area contributed by atoms with Crippen molar-refractivity contribution in [3.63, 3.8) is 0 Å². The van der Waals surface area contributed by atoms with Crippen LogP contribution in [0.15, 0.2) is 11.4 Å². The predicted octanol–water partition coefficient (Wildman–Crippen LogP) is 2.73. The average Bonchev–Trinajstić information content (AvgIpc) is 2.96. The highest BCUT2D eigenvalue weighted by atomic mass is 32.1. The first-order chi connectivity index (χ1) is 9.83. The Bertz CT molecular complexity index is 502. The number of fused-ring (bicyclic) bond motifs is 1. The molecule has 3 aliphatic rings. The van der Waals surface area contributed by atoms with Gasteiger partial charge < -0.3 is 10.2 Å². The van der Waals surface area contributed by atoms with Gasteiger partial charge in [-0.2, -0.15) is 0 Å². The van der Waals surface area contributed by atoms with Crippen LogP contribution in [0.4, 0.5) is 0 Å². The summed E-state index contributed by atoms with van der Waals surface area (Å²) in [6.45, 7) is 2.01. The van der Waals surface area contributed by atoms with Crippen LogP contribution in [0, 0.1) is 5.92 Å². The summed E-state index contributed by atoms with van der Waals surface area (Å²) in [6.07, 6.45) is 6.73. The molecule has 1 aromatic heterocycles. The molecule has 2 fully saturated rings. The molecule has 1 amide bonds. The Labute approximate surface area is 124 Å². The molecule has 2 atom stereocenters. The van der Waals surface area contributed by atoms with Gasteiger partial charge in [-0.15, -0.1) is 11.3 Å². The molecule has 2 unspecified atom stereocenters. The maximum atomic E-state index is 12.7. The molecule has 1 saturated carbocycles. The van der Waals surface area contributed by atoms with Crippen molar-refractivity contribution in [3.8, 4) is 0 Å². The van der Waals surface area contributed by atoms with E-state index in [1.54, 1.807) is 0 Å². The number of hydrogen-bond acceptors (Lipinski definition) is 3. The van der Waals surface area contributed by atoms with E-state index in [0.29, 0.717) is 24.4 Å². The molecule has 1 N–H and O–H groups in total. The molecule has 20 heavy (non-hydrogen) atoms. The van der Waals surface area contributed by atoms with Crippen molar-refractivity contribution in [1.82, 2.24) is 10.2 Å². The molecule has 0 radical (unpaired) electrons. The third kappa shape index (κ3) is 2.29. The van der Waals surface area contributed by atoms with Gasteiger partial charge in [0.1, 0.15) is 0 Å². The van der Waals surface area contributed by atoms with Gasteiger partial charge in [0.15, 0.2) is 0 Å². The lowest BCUT2D eigenvalue weighted by atomic mass is 9.95. The molecule has 4 heteroatoms. The topological polar surface area (TPSA) is 32.3 Å². The van der Waals surface area contributed by atoms with Gasteiger partial charge in [-0.25, -0.2) is 0 Å². The standard InChI is InChI=1S/C16H22N2OS/c19-15(10-12-2-1-7-17-12)18-8-5-14-13(6-9-20-14)16(18)11-3-4-11/h6,9,11-12,16-17H,1-5,7-8,10H2. The number of rotatable bonds is 3. The molecule has 3 heterocycles. The van der Waals surface area contributed by atoms with Gasteiger partial charge in [0, 0.05) is 23.9 Å². The third-order valence-electron chi connectivity index (χ3n) is 4.99. The summed E-state index contributed by atoms with van der Waals surface area (Å²) in [7, 11) is 0. The zero-order valence-electron chi connectivity index (χ0n) is 11.8. The number of hydrogen-bond donors (Lipinski definition) is 1. The zero-order valence-corrected chi connectivity index (χ0v) is 12.6. The van der Waals surface area contributed by atoms with Crippen LogP contribution in [0.3, 0.4) is 0 Å². The van der Waals surface area contributed by atoms with Crippen molar-refractivity contribution >= 4 is 17.2 Å². The first kappa shape index (κ1) is 12.8. The highest BCUT2D eigenvalue weighted by molar-refractivity contribution is 7.10. The number of nitrogens with zero attached hydrogens (tertiary/aromatic N) is 1. The molecule has 1 aliphatic carbocycles. The Kier molecular flexibility index (Phi) is 3.31. The van der Waals surface area contributed by atoms with Crippen LogP contribution >= 0.6 is 11.3 Å². The monoisotopic (exact) mass is 290 g/mol. The lowest BCUT2D eigenvalue weighted by molar-refractivity contribution is -0.135. The van der Waals surface area contributed by atoms with E-state index in [-0.39, 0.29) is 0 Å². The summed E-state index contributed by atoms with van der Waals surface area (Å²) in [6, 6.07) is 3.07. The molecule has 4 rings (SSSR count). The molecule has 3 nitrogen and oxygen atoms in total. The molecule has 1 saturated heterocycles. The molecular formula is C16H22N2OS. The van der Waals surface area contributed by atoms with E-state index < -0.39 is 0 Å². The Morgan fingerprint density at radius 3 is 3.05 bits per heavy atom. The molecule has 108 valence electrons. The largest absolute Gasteiger partial charge is 0.335 e. The lowest BCUT2D eigenvalue weighted by Gasteiger charge is -2.37. The van der Waals surface area contributed by atoms with E-state index in [0.717, 1.165) is 31.8 Å². The Morgan fingerprint density at radius 2 is 2.30 bits per heavy atom. The van der Waals surface area contributed by atoms with E-state index in [1.165, 1.54) is 29.7 Å². The first-order valence-corrected chi connectivity index (χ1v) is 8.80. The highest BCUT2D eigenvalue weighted by Crippen LogP contribution is 2.48. The Morgan fingerprint density at radius 1 is 1.40 bits per heavy atom. The van der Waals surface area contributed by atoms with E-state index in [2.05, 4.69) is 21.7 Å². The van der Waals surface area contributed by atoms with Crippen LogP contribution in [-0.4, -0.2) is 29.9 Å². The number of amides is 1. The van der Waals surface area contributed by atoms with E-state index in [1.807, 2.05) is 11.3 Å². The van der Waals surface area contributed by atoms with E-state index in [4.69, 9.17) is 0 Å². The maximum absolute atomic E-state index is 12.7. The summed E-state index contributed by atoms with van der Waals surface area (Å²) >= 11 is 1.87. The predicted molar refractivity (Wildman–Crippen MR) is 80.8 cm³/mol. The second-order valence-electron chi connectivity index (χ2n) is 6.42. The fourth-order valence-corrected chi connectivity index (χ4v) is 4.72. The van der Waals surface area contributed by atoms with Gasteiger partial charge in [0.2, 0.25) is 5.91 Å². The van der Waals surface area contributed by atoms with Crippen molar-refractivity contribution in [3.05, 3.63) is 21.9 Å². The quantitative estimate of drug-likeness (QED) is 0.928. The van der Waals surface area contributed by atoms with E-state index in [9.17, 15) is 4.79 Å². The fraction of sp³-hybridized carbons (Fsp3) is 0.688. The smallest absolute Gasteiger partial charge is 0.224 e. The van der Waals surface area contributed by atoms with E-state index >= 15 is 0 Å². The van der Waals surface area contributed by atoms with Crippen LogP contribution in [-0.2, 0) is 11.2 Å². The number of carbonyl (C=O) groups excluding carboxylic acids is 1. The second-order valence-corrected chi connectivity index (χ2v) is 7.42. The molecule has 2 aliphatic heterocycles. The zero-order chi connectivity index (χ0) is 13.5. The van der Waals surface area contributed by atoms with Crippen molar-refractivity contribution in [2.45, 2.75) is 50.6 Å². The molecule has 0 spiro atoms. The SMILES string of the molecule is O=C(CC1CCCN1)N1CCc2sccc2C1C1CC1. The number of nitrogens with one attached hydrogen (secondary N) is 1. The summed E-state index contributed by atoms with van der Waals surface area (Å²) < 4.78 is 0. The van der Waals surface area contributed by atoms with Crippen LogP contribution in [0.25, 0.3) is 0 Å². The molecule has 0 aromatic carbocycles. The summed E-state index contributed by atoms with van der Waals surface area (Å²) in [5.74, 6) is 1.10. The number of thiophene rings is 1.